The average Bonchev–Trinajstić information content (AvgIpc) is 3.25. The zero-order valence-electron chi connectivity index (χ0n) is 13.8. The molecule has 2 atom stereocenters. The van der Waals surface area contributed by atoms with Gasteiger partial charge < -0.3 is 14.4 Å². The minimum atomic E-state index is -0.193. The molecule has 0 unspecified atom stereocenters. The maximum absolute atomic E-state index is 12.7. The van der Waals surface area contributed by atoms with Crippen LogP contribution < -0.4 is 4.90 Å². The van der Waals surface area contributed by atoms with Crippen LogP contribution in [0.2, 0.25) is 0 Å². The van der Waals surface area contributed by atoms with Crippen molar-refractivity contribution < 1.29 is 14.3 Å². The van der Waals surface area contributed by atoms with Gasteiger partial charge in [0.25, 0.3) is 5.91 Å². The molecule has 0 spiro atoms. The molecule has 0 saturated carbocycles. The number of pyridine rings is 1. The van der Waals surface area contributed by atoms with Crippen molar-refractivity contribution in [3.63, 3.8) is 0 Å². The van der Waals surface area contributed by atoms with E-state index in [1.54, 1.807) is 40.3 Å². The van der Waals surface area contributed by atoms with Crippen molar-refractivity contribution in [3.05, 3.63) is 36.4 Å². The van der Waals surface area contributed by atoms with E-state index in [1.165, 1.54) is 0 Å². The standard InChI is InChI=1S/C16H21N5O3/c1-3-20(12-5-7-17-8-6-12)16(22)13-9-21(19-18-13)14-10-23-11-15(14)24-4-2/h5-9,14-15H,3-4,10-11H2,1-2H3/t14-,15-/m1/s1. The molecule has 1 aliphatic heterocycles. The Morgan fingerprint density at radius 2 is 2.17 bits per heavy atom. The summed E-state index contributed by atoms with van der Waals surface area (Å²) in [6.45, 7) is 6.03. The van der Waals surface area contributed by atoms with E-state index in [1.807, 2.05) is 13.8 Å². The summed E-state index contributed by atoms with van der Waals surface area (Å²) in [5.41, 5.74) is 1.08. The Morgan fingerprint density at radius 1 is 1.38 bits per heavy atom. The minimum Gasteiger partial charge on any atom is -0.376 e. The van der Waals surface area contributed by atoms with Crippen LogP contribution in [-0.2, 0) is 9.47 Å². The second kappa shape index (κ2) is 7.50. The molecule has 0 aromatic carbocycles. The summed E-state index contributed by atoms with van der Waals surface area (Å²) in [6.07, 6.45) is 4.91. The molecular formula is C16H21N5O3. The summed E-state index contributed by atoms with van der Waals surface area (Å²) in [5, 5.41) is 8.15. The Kier molecular flexibility index (Phi) is 5.17. The summed E-state index contributed by atoms with van der Waals surface area (Å²) in [5.74, 6) is -0.193. The largest absolute Gasteiger partial charge is 0.376 e. The number of hydrogen-bond donors (Lipinski definition) is 0. The number of anilines is 1. The average molecular weight is 331 g/mol. The molecule has 1 amide bonds. The number of hydrogen-bond acceptors (Lipinski definition) is 6. The predicted molar refractivity (Wildman–Crippen MR) is 86.9 cm³/mol. The summed E-state index contributed by atoms with van der Waals surface area (Å²) in [7, 11) is 0. The topological polar surface area (TPSA) is 82.4 Å². The molecule has 0 bridgehead atoms. The number of ether oxygens (including phenoxy) is 2. The van der Waals surface area contributed by atoms with Crippen LogP contribution in [0.25, 0.3) is 0 Å². The molecule has 8 heteroatoms. The first-order chi connectivity index (χ1) is 11.7. The van der Waals surface area contributed by atoms with Crippen LogP contribution in [0.1, 0.15) is 30.4 Å². The Hall–Kier alpha value is -2.32. The van der Waals surface area contributed by atoms with Crippen LogP contribution in [0.3, 0.4) is 0 Å². The lowest BCUT2D eigenvalue weighted by atomic mass is 10.2. The highest BCUT2D eigenvalue weighted by Crippen LogP contribution is 2.22. The summed E-state index contributed by atoms with van der Waals surface area (Å²) in [6, 6.07) is 3.53. The fourth-order valence-corrected chi connectivity index (χ4v) is 2.79. The van der Waals surface area contributed by atoms with Crippen LogP contribution in [0, 0.1) is 0 Å². The molecule has 24 heavy (non-hydrogen) atoms. The smallest absolute Gasteiger partial charge is 0.280 e. The Morgan fingerprint density at radius 3 is 2.88 bits per heavy atom. The first-order valence-corrected chi connectivity index (χ1v) is 8.07. The number of aromatic nitrogens is 4. The maximum atomic E-state index is 12.7. The van der Waals surface area contributed by atoms with Gasteiger partial charge in [-0.15, -0.1) is 5.10 Å². The van der Waals surface area contributed by atoms with E-state index in [0.29, 0.717) is 32.1 Å². The molecule has 3 rings (SSSR count). The number of rotatable bonds is 6. The van der Waals surface area contributed by atoms with Crippen LogP contribution in [-0.4, -0.2) is 58.4 Å². The zero-order chi connectivity index (χ0) is 16.9. The lowest BCUT2D eigenvalue weighted by Gasteiger charge is -2.19. The molecule has 128 valence electrons. The molecule has 0 aliphatic carbocycles. The van der Waals surface area contributed by atoms with Gasteiger partial charge in [-0.05, 0) is 26.0 Å². The van der Waals surface area contributed by atoms with Gasteiger partial charge >= 0.3 is 0 Å². The van der Waals surface area contributed by atoms with E-state index >= 15 is 0 Å². The third-order valence-corrected chi connectivity index (χ3v) is 3.99. The lowest BCUT2D eigenvalue weighted by Crippen LogP contribution is -2.31. The number of carbonyl (C=O) groups is 1. The number of carbonyl (C=O) groups excluding carboxylic acids is 1. The molecule has 1 aliphatic rings. The van der Waals surface area contributed by atoms with Gasteiger partial charge in [0.05, 0.1) is 19.4 Å². The van der Waals surface area contributed by atoms with E-state index in [4.69, 9.17) is 9.47 Å². The summed E-state index contributed by atoms with van der Waals surface area (Å²) in [4.78, 5) is 18.4. The van der Waals surface area contributed by atoms with E-state index in [9.17, 15) is 4.79 Å². The van der Waals surface area contributed by atoms with E-state index in [2.05, 4.69) is 15.3 Å². The highest BCUT2D eigenvalue weighted by atomic mass is 16.5. The van der Waals surface area contributed by atoms with Gasteiger partial charge in [0.2, 0.25) is 0 Å². The van der Waals surface area contributed by atoms with Crippen molar-refractivity contribution in [1.29, 1.82) is 0 Å². The van der Waals surface area contributed by atoms with Crippen molar-refractivity contribution in [3.8, 4) is 0 Å². The first-order valence-electron chi connectivity index (χ1n) is 8.07. The molecule has 3 heterocycles. The lowest BCUT2D eigenvalue weighted by molar-refractivity contribution is 0.0340. The maximum Gasteiger partial charge on any atom is 0.280 e. The van der Waals surface area contributed by atoms with Crippen molar-refractivity contribution in [2.75, 3.05) is 31.3 Å². The molecule has 1 saturated heterocycles. The van der Waals surface area contributed by atoms with Crippen molar-refractivity contribution >= 4 is 11.6 Å². The Balaban J connectivity index is 1.78. The molecule has 2 aromatic heterocycles. The molecule has 0 radical (unpaired) electrons. The monoisotopic (exact) mass is 331 g/mol. The Bertz CT molecular complexity index is 675. The fraction of sp³-hybridized carbons (Fsp3) is 0.500. The third kappa shape index (κ3) is 3.29. The van der Waals surface area contributed by atoms with Crippen LogP contribution in [0.4, 0.5) is 5.69 Å². The van der Waals surface area contributed by atoms with Gasteiger partial charge in [0.15, 0.2) is 5.69 Å². The summed E-state index contributed by atoms with van der Waals surface area (Å²) >= 11 is 0. The van der Waals surface area contributed by atoms with Crippen LogP contribution in [0.15, 0.2) is 30.7 Å². The number of nitrogens with zero attached hydrogens (tertiary/aromatic N) is 5. The highest BCUT2D eigenvalue weighted by molar-refractivity contribution is 6.04. The van der Waals surface area contributed by atoms with Gasteiger partial charge in [-0.2, -0.15) is 0 Å². The van der Waals surface area contributed by atoms with Crippen LogP contribution in [0.5, 0.6) is 0 Å². The molecule has 0 N–H and O–H groups in total. The normalized spacial score (nSPS) is 20.2. The molecular weight excluding hydrogens is 310 g/mol. The SMILES string of the molecule is CCO[C@@H]1COC[C@H]1n1cc(C(=O)N(CC)c2ccncc2)nn1. The zero-order valence-corrected chi connectivity index (χ0v) is 13.8. The van der Waals surface area contributed by atoms with Crippen molar-refractivity contribution in [2.45, 2.75) is 26.0 Å². The first kappa shape index (κ1) is 16.5. The van der Waals surface area contributed by atoms with Crippen molar-refractivity contribution in [2.24, 2.45) is 0 Å². The van der Waals surface area contributed by atoms with Gasteiger partial charge in [0, 0.05) is 31.2 Å². The fourth-order valence-electron chi connectivity index (χ4n) is 2.79. The number of amides is 1. The molecule has 8 nitrogen and oxygen atoms in total. The Labute approximate surface area is 140 Å². The minimum absolute atomic E-state index is 0.0602. The van der Waals surface area contributed by atoms with E-state index in [-0.39, 0.29) is 18.1 Å². The third-order valence-electron chi connectivity index (χ3n) is 3.99. The molecule has 1 fully saturated rings. The van der Waals surface area contributed by atoms with Gasteiger partial charge in [-0.25, -0.2) is 4.68 Å². The van der Waals surface area contributed by atoms with Gasteiger partial charge in [0.1, 0.15) is 12.1 Å². The van der Waals surface area contributed by atoms with Crippen LogP contribution >= 0.6 is 0 Å². The summed E-state index contributed by atoms with van der Waals surface area (Å²) < 4.78 is 12.8. The van der Waals surface area contributed by atoms with Crippen molar-refractivity contribution in [1.82, 2.24) is 20.0 Å². The van der Waals surface area contributed by atoms with Gasteiger partial charge in [-0.3, -0.25) is 9.78 Å². The highest BCUT2D eigenvalue weighted by Gasteiger charge is 2.32. The van der Waals surface area contributed by atoms with E-state index < -0.39 is 0 Å². The second-order valence-electron chi connectivity index (χ2n) is 5.44. The predicted octanol–water partition coefficient (Wildman–Crippen LogP) is 1.32. The van der Waals surface area contributed by atoms with E-state index in [0.717, 1.165) is 5.69 Å². The quantitative estimate of drug-likeness (QED) is 0.794. The van der Waals surface area contributed by atoms with Gasteiger partial charge in [-0.1, -0.05) is 5.21 Å². The second-order valence-corrected chi connectivity index (χ2v) is 5.44. The molecule has 2 aromatic rings.